The fourth-order valence-corrected chi connectivity index (χ4v) is 3.24. The van der Waals surface area contributed by atoms with E-state index in [1.807, 2.05) is 23.9 Å². The summed E-state index contributed by atoms with van der Waals surface area (Å²) in [5.41, 5.74) is 0.671. The van der Waals surface area contributed by atoms with Crippen LogP contribution in [0.15, 0.2) is 28.8 Å². The molecular formula is C18H24FN5O2. The highest BCUT2D eigenvalue weighted by Gasteiger charge is 2.30. The lowest BCUT2D eigenvalue weighted by molar-refractivity contribution is -0.138. The Balaban J connectivity index is 1.62. The Morgan fingerprint density at radius 2 is 2.04 bits per heavy atom. The molecule has 26 heavy (non-hydrogen) atoms. The van der Waals surface area contributed by atoms with E-state index in [1.165, 1.54) is 12.1 Å². The summed E-state index contributed by atoms with van der Waals surface area (Å²) in [5, 5.41) is 3.91. The van der Waals surface area contributed by atoms with Crippen molar-refractivity contribution >= 4 is 5.91 Å². The zero-order chi connectivity index (χ0) is 18.7. The van der Waals surface area contributed by atoms with Crippen LogP contribution in [0.5, 0.6) is 0 Å². The van der Waals surface area contributed by atoms with Crippen LogP contribution < -0.4 is 0 Å². The van der Waals surface area contributed by atoms with E-state index in [-0.39, 0.29) is 11.7 Å². The lowest BCUT2D eigenvalue weighted by Crippen LogP contribution is -2.51. The first-order valence-electron chi connectivity index (χ1n) is 8.66. The van der Waals surface area contributed by atoms with Crippen molar-refractivity contribution in [3.05, 3.63) is 47.4 Å². The van der Waals surface area contributed by atoms with E-state index >= 15 is 0 Å². The molecule has 1 fully saturated rings. The minimum Gasteiger partial charge on any atom is -0.340 e. The van der Waals surface area contributed by atoms with Crippen LogP contribution in [-0.4, -0.2) is 71.0 Å². The molecule has 1 aromatic carbocycles. The molecule has 8 heteroatoms. The van der Waals surface area contributed by atoms with E-state index in [0.29, 0.717) is 36.9 Å². The maximum atomic E-state index is 13.6. The first-order valence-corrected chi connectivity index (χ1v) is 8.66. The van der Waals surface area contributed by atoms with Gasteiger partial charge in [0.2, 0.25) is 11.8 Å². The fourth-order valence-electron chi connectivity index (χ4n) is 3.24. The summed E-state index contributed by atoms with van der Waals surface area (Å²) in [4.78, 5) is 23.1. The summed E-state index contributed by atoms with van der Waals surface area (Å²) in [7, 11) is 3.67. The van der Waals surface area contributed by atoms with E-state index in [2.05, 4.69) is 15.0 Å². The highest BCUT2D eigenvalue weighted by atomic mass is 19.1. The van der Waals surface area contributed by atoms with Gasteiger partial charge in [-0.05, 0) is 31.8 Å². The van der Waals surface area contributed by atoms with E-state index < -0.39 is 6.04 Å². The molecule has 3 rings (SSSR count). The molecule has 0 bridgehead atoms. The average molecular weight is 361 g/mol. The third-order valence-electron chi connectivity index (χ3n) is 4.53. The molecule has 0 aliphatic carbocycles. The van der Waals surface area contributed by atoms with Crippen LogP contribution in [0.4, 0.5) is 4.39 Å². The van der Waals surface area contributed by atoms with E-state index in [0.717, 1.165) is 13.1 Å². The zero-order valence-electron chi connectivity index (χ0n) is 15.4. The van der Waals surface area contributed by atoms with E-state index in [1.54, 1.807) is 19.1 Å². The molecule has 1 atom stereocenters. The summed E-state index contributed by atoms with van der Waals surface area (Å²) >= 11 is 0. The number of piperazine rings is 1. The summed E-state index contributed by atoms with van der Waals surface area (Å²) < 4.78 is 18.6. The molecule has 0 N–H and O–H groups in total. The van der Waals surface area contributed by atoms with Gasteiger partial charge in [-0.2, -0.15) is 4.98 Å². The second kappa shape index (κ2) is 7.92. The molecule has 0 spiro atoms. The Bertz CT molecular complexity index is 756. The Morgan fingerprint density at radius 1 is 1.31 bits per heavy atom. The topological polar surface area (TPSA) is 65.7 Å². The Kier molecular flexibility index (Phi) is 5.63. The normalized spacial score (nSPS) is 16.9. The van der Waals surface area contributed by atoms with Crippen molar-refractivity contribution in [1.29, 1.82) is 0 Å². The van der Waals surface area contributed by atoms with Crippen LogP contribution in [0.25, 0.3) is 0 Å². The molecule has 1 saturated heterocycles. The van der Waals surface area contributed by atoms with Gasteiger partial charge < -0.3 is 9.42 Å². The number of carbonyl (C=O) groups excluding carboxylic acids is 1. The van der Waals surface area contributed by atoms with Gasteiger partial charge in [0.1, 0.15) is 11.9 Å². The van der Waals surface area contributed by atoms with Gasteiger partial charge >= 0.3 is 0 Å². The number of hydrogen-bond donors (Lipinski definition) is 0. The lowest BCUT2D eigenvalue weighted by Gasteiger charge is -2.37. The van der Waals surface area contributed by atoms with Crippen LogP contribution in [-0.2, 0) is 11.3 Å². The number of rotatable bonds is 5. The Labute approximate surface area is 152 Å². The van der Waals surface area contributed by atoms with Crippen molar-refractivity contribution in [2.45, 2.75) is 19.5 Å². The number of aryl methyl sites for hydroxylation is 1. The second-order valence-corrected chi connectivity index (χ2v) is 6.75. The molecule has 1 aliphatic rings. The molecule has 1 amide bonds. The van der Waals surface area contributed by atoms with Gasteiger partial charge in [-0.25, -0.2) is 4.39 Å². The van der Waals surface area contributed by atoms with Crippen molar-refractivity contribution in [3.63, 3.8) is 0 Å². The molecular weight excluding hydrogens is 337 g/mol. The third-order valence-corrected chi connectivity index (χ3v) is 4.53. The van der Waals surface area contributed by atoms with Crippen LogP contribution >= 0.6 is 0 Å². The predicted octanol–water partition coefficient (Wildman–Crippen LogP) is 1.46. The largest absolute Gasteiger partial charge is 0.340 e. The highest BCUT2D eigenvalue weighted by molar-refractivity contribution is 5.83. The number of halogens is 1. The monoisotopic (exact) mass is 361 g/mol. The van der Waals surface area contributed by atoms with Gasteiger partial charge in [-0.15, -0.1) is 0 Å². The van der Waals surface area contributed by atoms with Crippen molar-refractivity contribution in [2.24, 2.45) is 0 Å². The first kappa shape index (κ1) is 18.5. The molecule has 1 aromatic heterocycles. The maximum absolute atomic E-state index is 13.6. The van der Waals surface area contributed by atoms with Crippen molar-refractivity contribution in [2.75, 3.05) is 40.3 Å². The average Bonchev–Trinajstić information content (AvgIpc) is 3.00. The standard InChI is InChI=1S/C18H24FN5O2/c1-13-20-16(21-26-13)12-23-7-9-24(10-8-23)18(25)17(22(2)3)14-5-4-6-15(19)11-14/h4-6,11,17H,7-10,12H2,1-3H3. The number of amides is 1. The Morgan fingerprint density at radius 3 is 2.62 bits per heavy atom. The summed E-state index contributed by atoms with van der Waals surface area (Å²) in [6.07, 6.45) is 0. The molecule has 140 valence electrons. The number of likely N-dealkylation sites (N-methyl/N-ethyl adjacent to an activating group) is 1. The van der Waals surface area contributed by atoms with Gasteiger partial charge in [0, 0.05) is 33.1 Å². The number of benzene rings is 1. The third kappa shape index (κ3) is 4.25. The number of hydrogen-bond acceptors (Lipinski definition) is 6. The lowest BCUT2D eigenvalue weighted by atomic mass is 10.0. The number of aromatic nitrogens is 2. The van der Waals surface area contributed by atoms with E-state index in [4.69, 9.17) is 4.52 Å². The van der Waals surface area contributed by atoms with Gasteiger partial charge in [-0.3, -0.25) is 14.6 Å². The molecule has 7 nitrogen and oxygen atoms in total. The van der Waals surface area contributed by atoms with Crippen LogP contribution in [0.3, 0.4) is 0 Å². The Hall–Kier alpha value is -2.32. The first-order chi connectivity index (χ1) is 12.4. The zero-order valence-corrected chi connectivity index (χ0v) is 15.4. The highest BCUT2D eigenvalue weighted by Crippen LogP contribution is 2.22. The minimum atomic E-state index is -0.489. The predicted molar refractivity (Wildman–Crippen MR) is 93.7 cm³/mol. The molecule has 2 aromatic rings. The summed E-state index contributed by atoms with van der Waals surface area (Å²) in [6.45, 7) is 5.09. The fraction of sp³-hybridized carbons (Fsp3) is 0.500. The number of nitrogens with zero attached hydrogens (tertiary/aromatic N) is 5. The quantitative estimate of drug-likeness (QED) is 0.803. The van der Waals surface area contributed by atoms with Crippen LogP contribution in [0, 0.1) is 12.7 Å². The van der Waals surface area contributed by atoms with E-state index in [9.17, 15) is 9.18 Å². The van der Waals surface area contributed by atoms with Crippen molar-refractivity contribution in [1.82, 2.24) is 24.8 Å². The SMILES string of the molecule is Cc1nc(CN2CCN(C(=O)C(c3cccc(F)c3)N(C)C)CC2)no1. The maximum Gasteiger partial charge on any atom is 0.244 e. The molecule has 0 saturated carbocycles. The van der Waals surface area contributed by atoms with Gasteiger partial charge in [0.25, 0.3) is 0 Å². The van der Waals surface area contributed by atoms with Crippen molar-refractivity contribution in [3.8, 4) is 0 Å². The molecule has 1 unspecified atom stereocenters. The number of carbonyl (C=O) groups is 1. The van der Waals surface area contributed by atoms with Gasteiger partial charge in [-0.1, -0.05) is 17.3 Å². The second-order valence-electron chi connectivity index (χ2n) is 6.75. The minimum absolute atomic E-state index is 0.00402. The van der Waals surface area contributed by atoms with Gasteiger partial charge in [0.05, 0.1) is 6.54 Å². The van der Waals surface area contributed by atoms with Gasteiger partial charge in [0.15, 0.2) is 5.82 Å². The molecule has 0 radical (unpaired) electrons. The summed E-state index contributed by atoms with van der Waals surface area (Å²) in [6, 6.07) is 5.76. The molecule has 1 aliphatic heterocycles. The summed E-state index contributed by atoms with van der Waals surface area (Å²) in [5.74, 6) is 0.879. The molecule has 2 heterocycles. The van der Waals surface area contributed by atoms with Crippen LogP contribution in [0.1, 0.15) is 23.3 Å². The smallest absolute Gasteiger partial charge is 0.244 e. The van der Waals surface area contributed by atoms with Crippen LogP contribution in [0.2, 0.25) is 0 Å². The van der Waals surface area contributed by atoms with Crippen molar-refractivity contribution < 1.29 is 13.7 Å².